The number of benzene rings is 1. The van der Waals surface area contributed by atoms with Crippen LogP contribution in [0.15, 0.2) is 24.3 Å². The van der Waals surface area contributed by atoms with Gasteiger partial charge >= 0.3 is 6.36 Å². The second-order valence-electron chi connectivity index (χ2n) is 6.44. The third-order valence-corrected chi connectivity index (χ3v) is 4.24. The number of alkyl halides is 3. The van der Waals surface area contributed by atoms with Gasteiger partial charge in [-0.15, -0.1) is 13.2 Å². The molecule has 0 aromatic heterocycles. The predicted octanol–water partition coefficient (Wildman–Crippen LogP) is 3.21. The summed E-state index contributed by atoms with van der Waals surface area (Å²) in [6, 6.07) is 5.57. The lowest BCUT2D eigenvalue weighted by atomic mass is 10.0. The molecule has 134 valence electrons. The van der Waals surface area contributed by atoms with Gasteiger partial charge in [0.05, 0.1) is 0 Å². The van der Waals surface area contributed by atoms with Crippen LogP contribution in [-0.4, -0.2) is 30.0 Å². The molecule has 1 amide bonds. The SMILES string of the molecule is CC(C)C(CCO)NC(=O)C1CC1c1ccc(OC(F)(F)F)cc1. The number of rotatable bonds is 7. The molecule has 24 heavy (non-hydrogen) atoms. The lowest BCUT2D eigenvalue weighted by Gasteiger charge is -2.21. The smallest absolute Gasteiger partial charge is 0.406 e. The van der Waals surface area contributed by atoms with Crippen LogP contribution in [0.3, 0.4) is 0 Å². The molecule has 1 saturated carbocycles. The molecule has 1 aliphatic carbocycles. The summed E-state index contributed by atoms with van der Waals surface area (Å²) in [5.41, 5.74) is 0.827. The van der Waals surface area contributed by atoms with Crippen molar-refractivity contribution in [1.82, 2.24) is 5.32 Å². The molecule has 0 radical (unpaired) electrons. The molecule has 3 atom stereocenters. The molecule has 1 aromatic carbocycles. The van der Waals surface area contributed by atoms with Crippen molar-refractivity contribution in [3.8, 4) is 5.75 Å². The number of halogens is 3. The Morgan fingerprint density at radius 3 is 2.46 bits per heavy atom. The molecule has 0 aliphatic heterocycles. The monoisotopic (exact) mass is 345 g/mol. The zero-order chi connectivity index (χ0) is 17.9. The molecule has 7 heteroatoms. The van der Waals surface area contributed by atoms with Gasteiger partial charge in [-0.25, -0.2) is 0 Å². The van der Waals surface area contributed by atoms with Crippen LogP contribution in [0, 0.1) is 11.8 Å². The van der Waals surface area contributed by atoms with E-state index in [1.807, 2.05) is 13.8 Å². The van der Waals surface area contributed by atoms with Crippen LogP contribution < -0.4 is 10.1 Å². The van der Waals surface area contributed by atoms with Crippen molar-refractivity contribution < 1.29 is 27.8 Å². The molecule has 0 bridgehead atoms. The normalized spacial score (nSPS) is 21.5. The summed E-state index contributed by atoms with van der Waals surface area (Å²) in [4.78, 5) is 12.3. The van der Waals surface area contributed by atoms with Gasteiger partial charge in [0, 0.05) is 18.6 Å². The first-order valence-corrected chi connectivity index (χ1v) is 7.98. The Labute approximate surface area is 139 Å². The summed E-state index contributed by atoms with van der Waals surface area (Å²) in [5.74, 6) is -0.262. The van der Waals surface area contributed by atoms with Crippen LogP contribution in [0.25, 0.3) is 0 Å². The highest BCUT2D eigenvalue weighted by Crippen LogP contribution is 2.48. The average Bonchev–Trinajstić information content (AvgIpc) is 3.26. The molecule has 0 saturated heterocycles. The maximum Gasteiger partial charge on any atom is 0.573 e. The number of hydrogen-bond donors (Lipinski definition) is 2. The average molecular weight is 345 g/mol. The van der Waals surface area contributed by atoms with E-state index in [-0.39, 0.29) is 42.1 Å². The fraction of sp³-hybridized carbons (Fsp3) is 0.588. The summed E-state index contributed by atoms with van der Waals surface area (Å²) >= 11 is 0. The number of aliphatic hydroxyl groups is 1. The van der Waals surface area contributed by atoms with Gasteiger partial charge in [-0.3, -0.25) is 4.79 Å². The maximum atomic E-state index is 12.3. The van der Waals surface area contributed by atoms with E-state index in [0.29, 0.717) is 12.8 Å². The summed E-state index contributed by atoms with van der Waals surface area (Å²) in [5, 5.41) is 12.0. The number of ether oxygens (including phenoxy) is 1. The van der Waals surface area contributed by atoms with Gasteiger partial charge in [-0.2, -0.15) is 0 Å². The van der Waals surface area contributed by atoms with Gasteiger partial charge in [-0.1, -0.05) is 26.0 Å². The summed E-state index contributed by atoms with van der Waals surface area (Å²) in [6.07, 6.45) is -3.53. The summed E-state index contributed by atoms with van der Waals surface area (Å²) in [7, 11) is 0. The summed E-state index contributed by atoms with van der Waals surface area (Å²) in [6.45, 7) is 3.96. The lowest BCUT2D eigenvalue weighted by Crippen LogP contribution is -2.40. The van der Waals surface area contributed by atoms with Gasteiger partial charge in [0.2, 0.25) is 5.91 Å². The van der Waals surface area contributed by atoms with Crippen molar-refractivity contribution in [1.29, 1.82) is 0 Å². The number of carbonyl (C=O) groups is 1. The van der Waals surface area contributed by atoms with Crippen molar-refractivity contribution in [3.05, 3.63) is 29.8 Å². The fourth-order valence-electron chi connectivity index (χ4n) is 2.77. The van der Waals surface area contributed by atoms with E-state index in [2.05, 4.69) is 10.1 Å². The Kier molecular flexibility index (Phi) is 5.74. The second-order valence-corrected chi connectivity index (χ2v) is 6.44. The van der Waals surface area contributed by atoms with E-state index in [9.17, 15) is 18.0 Å². The van der Waals surface area contributed by atoms with Crippen molar-refractivity contribution in [3.63, 3.8) is 0 Å². The molecule has 4 nitrogen and oxygen atoms in total. The Morgan fingerprint density at radius 1 is 1.33 bits per heavy atom. The number of amides is 1. The van der Waals surface area contributed by atoms with Gasteiger partial charge in [0.1, 0.15) is 5.75 Å². The Morgan fingerprint density at radius 2 is 1.96 bits per heavy atom. The predicted molar refractivity (Wildman–Crippen MR) is 82.4 cm³/mol. The Balaban J connectivity index is 1.91. The van der Waals surface area contributed by atoms with Crippen molar-refractivity contribution >= 4 is 5.91 Å². The van der Waals surface area contributed by atoms with E-state index in [0.717, 1.165) is 5.56 Å². The standard InChI is InChI=1S/C17H22F3NO3/c1-10(2)15(7-8-22)21-16(23)14-9-13(14)11-3-5-12(6-4-11)24-17(18,19)20/h3-6,10,13-15,22H,7-9H2,1-2H3,(H,21,23). The highest BCUT2D eigenvalue weighted by molar-refractivity contribution is 5.83. The van der Waals surface area contributed by atoms with Crippen LogP contribution >= 0.6 is 0 Å². The quantitative estimate of drug-likeness (QED) is 0.798. The number of nitrogens with one attached hydrogen (secondary N) is 1. The first kappa shape index (κ1) is 18.6. The molecular weight excluding hydrogens is 323 g/mol. The van der Waals surface area contributed by atoms with Crippen LogP contribution in [0.5, 0.6) is 5.75 Å². The minimum Gasteiger partial charge on any atom is -0.406 e. The minimum atomic E-state index is -4.71. The molecule has 1 aliphatic rings. The van der Waals surface area contributed by atoms with Crippen LogP contribution in [-0.2, 0) is 4.79 Å². The van der Waals surface area contributed by atoms with E-state index < -0.39 is 6.36 Å². The highest BCUT2D eigenvalue weighted by atomic mass is 19.4. The van der Waals surface area contributed by atoms with Gasteiger partial charge in [0.15, 0.2) is 0 Å². The second kappa shape index (κ2) is 7.42. The van der Waals surface area contributed by atoms with Gasteiger partial charge in [0.25, 0.3) is 0 Å². The molecule has 1 fully saturated rings. The number of hydrogen-bond acceptors (Lipinski definition) is 3. The van der Waals surface area contributed by atoms with Crippen LogP contribution in [0.2, 0.25) is 0 Å². The third-order valence-electron chi connectivity index (χ3n) is 4.24. The zero-order valence-electron chi connectivity index (χ0n) is 13.6. The van der Waals surface area contributed by atoms with E-state index in [4.69, 9.17) is 5.11 Å². The van der Waals surface area contributed by atoms with Crippen molar-refractivity contribution in [2.45, 2.75) is 45.0 Å². The number of carbonyl (C=O) groups excluding carboxylic acids is 1. The third kappa shape index (κ3) is 5.12. The Hall–Kier alpha value is -1.76. The molecule has 2 N–H and O–H groups in total. The van der Waals surface area contributed by atoms with E-state index in [1.165, 1.54) is 12.1 Å². The fourth-order valence-corrected chi connectivity index (χ4v) is 2.77. The first-order chi connectivity index (χ1) is 11.2. The minimum absolute atomic E-state index is 0.0118. The molecule has 1 aromatic rings. The number of aliphatic hydroxyl groups excluding tert-OH is 1. The molecule has 3 unspecified atom stereocenters. The lowest BCUT2D eigenvalue weighted by molar-refractivity contribution is -0.274. The largest absolute Gasteiger partial charge is 0.573 e. The van der Waals surface area contributed by atoms with Gasteiger partial charge < -0.3 is 15.2 Å². The summed E-state index contributed by atoms with van der Waals surface area (Å²) < 4.78 is 40.2. The molecule has 2 rings (SSSR count). The van der Waals surface area contributed by atoms with Gasteiger partial charge in [-0.05, 0) is 42.4 Å². The van der Waals surface area contributed by atoms with Crippen molar-refractivity contribution in [2.75, 3.05) is 6.61 Å². The topological polar surface area (TPSA) is 58.6 Å². The molecule has 0 spiro atoms. The highest BCUT2D eigenvalue weighted by Gasteiger charge is 2.44. The molecule has 0 heterocycles. The molecular formula is C17H22F3NO3. The Bertz CT molecular complexity index is 557. The van der Waals surface area contributed by atoms with E-state index >= 15 is 0 Å². The van der Waals surface area contributed by atoms with Crippen molar-refractivity contribution in [2.24, 2.45) is 11.8 Å². The zero-order valence-corrected chi connectivity index (χ0v) is 13.6. The maximum absolute atomic E-state index is 12.3. The van der Waals surface area contributed by atoms with Crippen LogP contribution in [0.1, 0.15) is 38.2 Å². The first-order valence-electron chi connectivity index (χ1n) is 7.98. The van der Waals surface area contributed by atoms with E-state index in [1.54, 1.807) is 12.1 Å². The van der Waals surface area contributed by atoms with Crippen LogP contribution in [0.4, 0.5) is 13.2 Å².